The number of aromatic nitrogens is 1. The topological polar surface area (TPSA) is 116 Å². The van der Waals surface area contributed by atoms with Crippen LogP contribution in [0, 0.1) is 10.1 Å². The number of anilines is 1. The van der Waals surface area contributed by atoms with E-state index in [1.807, 2.05) is 6.07 Å². The summed E-state index contributed by atoms with van der Waals surface area (Å²) in [6, 6.07) is 11.2. The van der Waals surface area contributed by atoms with Crippen molar-refractivity contribution in [2.24, 2.45) is 4.99 Å². The molecule has 202 valence electrons. The minimum absolute atomic E-state index is 0.0494. The first kappa shape index (κ1) is 26.4. The third-order valence-electron chi connectivity index (χ3n) is 6.88. The summed E-state index contributed by atoms with van der Waals surface area (Å²) in [6.07, 6.45) is 3.76. The zero-order chi connectivity index (χ0) is 27.7. The lowest BCUT2D eigenvalue weighted by Crippen LogP contribution is -2.40. The second-order valence-corrected chi connectivity index (χ2v) is 10.3. The number of rotatable bonds is 7. The van der Waals surface area contributed by atoms with Crippen molar-refractivity contribution >= 4 is 34.8 Å². The average molecular weight is 549 g/mol. The van der Waals surface area contributed by atoms with Crippen LogP contribution in [0.2, 0.25) is 0 Å². The third-order valence-corrected chi connectivity index (χ3v) is 7.86. The molecule has 0 spiro atoms. The van der Waals surface area contributed by atoms with Gasteiger partial charge < -0.3 is 14.4 Å². The molecule has 0 saturated carbocycles. The molecule has 1 fully saturated rings. The van der Waals surface area contributed by atoms with Gasteiger partial charge in [0, 0.05) is 36.5 Å². The van der Waals surface area contributed by atoms with Crippen LogP contribution in [0.3, 0.4) is 0 Å². The fourth-order valence-corrected chi connectivity index (χ4v) is 6.11. The van der Waals surface area contributed by atoms with Crippen LogP contribution < -0.4 is 24.5 Å². The summed E-state index contributed by atoms with van der Waals surface area (Å²) in [5.41, 5.74) is 2.45. The largest absolute Gasteiger partial charge is 0.497 e. The Hall–Kier alpha value is -4.25. The number of nitro benzene ring substituents is 1. The van der Waals surface area contributed by atoms with E-state index in [1.165, 1.54) is 28.0 Å². The van der Waals surface area contributed by atoms with Gasteiger partial charge in [-0.3, -0.25) is 19.5 Å². The number of esters is 1. The Morgan fingerprint density at radius 3 is 2.69 bits per heavy atom. The van der Waals surface area contributed by atoms with Gasteiger partial charge in [0.1, 0.15) is 5.75 Å². The molecule has 1 unspecified atom stereocenters. The molecule has 2 aliphatic heterocycles. The first-order valence-corrected chi connectivity index (χ1v) is 13.5. The number of hydrogen-bond acceptors (Lipinski definition) is 9. The van der Waals surface area contributed by atoms with Crippen LogP contribution in [0.1, 0.15) is 43.9 Å². The summed E-state index contributed by atoms with van der Waals surface area (Å²) < 4.78 is 12.6. The van der Waals surface area contributed by atoms with E-state index in [2.05, 4.69) is 9.89 Å². The zero-order valence-corrected chi connectivity index (χ0v) is 22.7. The molecule has 3 heterocycles. The monoisotopic (exact) mass is 548 g/mol. The number of nitrogens with zero attached hydrogens (tertiary/aromatic N) is 4. The Morgan fingerprint density at radius 1 is 1.23 bits per heavy atom. The number of carbonyl (C=O) groups excluding carboxylic acids is 1. The van der Waals surface area contributed by atoms with E-state index >= 15 is 0 Å². The minimum Gasteiger partial charge on any atom is -0.497 e. The number of non-ortho nitro benzene ring substituents is 1. The molecular weight excluding hydrogens is 520 g/mol. The predicted octanol–water partition coefficient (Wildman–Crippen LogP) is 3.32. The van der Waals surface area contributed by atoms with E-state index in [0.717, 1.165) is 31.6 Å². The molecule has 1 atom stereocenters. The summed E-state index contributed by atoms with van der Waals surface area (Å²) in [6.45, 7) is 5.32. The molecule has 0 amide bonds. The molecule has 3 aromatic rings. The maximum Gasteiger partial charge on any atom is 0.338 e. The second kappa shape index (κ2) is 10.9. The Labute approximate surface area is 228 Å². The lowest BCUT2D eigenvalue weighted by Gasteiger charge is -2.25. The number of hydrogen-bond donors (Lipinski definition) is 0. The first-order valence-electron chi connectivity index (χ1n) is 12.7. The van der Waals surface area contributed by atoms with E-state index in [9.17, 15) is 19.7 Å². The van der Waals surface area contributed by atoms with Crippen molar-refractivity contribution in [2.45, 2.75) is 32.7 Å². The standard InChI is InChI=1S/C28H28N4O6S/c1-4-38-27(34)24-17(2)29-28-31(25(24)18-8-7-9-21(15-18)37-3)26(33)23(39-28)16-19-14-20(32(35)36)10-11-22(19)30-12-5-6-13-30/h7-11,14-16,25H,4-6,12-13H2,1-3H3/b23-16+. The molecule has 10 nitrogen and oxygen atoms in total. The fourth-order valence-electron chi connectivity index (χ4n) is 5.08. The number of benzene rings is 2. The molecule has 0 bridgehead atoms. The van der Waals surface area contributed by atoms with Gasteiger partial charge in [0.2, 0.25) is 0 Å². The van der Waals surface area contributed by atoms with Gasteiger partial charge in [0.25, 0.3) is 11.2 Å². The number of ether oxygens (including phenoxy) is 2. The number of carbonyl (C=O) groups is 1. The normalized spacial score (nSPS) is 17.2. The number of allylic oxidation sites excluding steroid dienone is 1. The Balaban J connectivity index is 1.73. The molecule has 0 N–H and O–H groups in total. The maximum absolute atomic E-state index is 14.0. The summed E-state index contributed by atoms with van der Waals surface area (Å²) >= 11 is 1.18. The number of fused-ring (bicyclic) bond motifs is 1. The highest BCUT2D eigenvalue weighted by molar-refractivity contribution is 7.07. The molecule has 11 heteroatoms. The highest BCUT2D eigenvalue weighted by atomic mass is 32.1. The smallest absolute Gasteiger partial charge is 0.338 e. The van der Waals surface area contributed by atoms with E-state index in [4.69, 9.17) is 9.47 Å². The Bertz CT molecular complexity index is 1670. The summed E-state index contributed by atoms with van der Waals surface area (Å²) in [5, 5.41) is 11.5. The van der Waals surface area contributed by atoms with E-state index in [0.29, 0.717) is 31.9 Å². The van der Waals surface area contributed by atoms with Crippen molar-refractivity contribution in [3.63, 3.8) is 0 Å². The molecule has 0 aliphatic carbocycles. The molecular formula is C28H28N4O6S. The van der Waals surface area contributed by atoms with Crippen molar-refractivity contribution in [1.82, 2.24) is 4.57 Å². The van der Waals surface area contributed by atoms with Gasteiger partial charge in [-0.05, 0) is 56.5 Å². The van der Waals surface area contributed by atoms with Crippen molar-refractivity contribution in [3.05, 3.63) is 94.7 Å². The van der Waals surface area contributed by atoms with Gasteiger partial charge in [0.15, 0.2) is 4.80 Å². The number of methoxy groups -OCH3 is 1. The molecule has 2 aromatic carbocycles. The lowest BCUT2D eigenvalue weighted by atomic mass is 9.95. The number of nitro groups is 1. The van der Waals surface area contributed by atoms with Crippen molar-refractivity contribution in [2.75, 3.05) is 31.7 Å². The zero-order valence-electron chi connectivity index (χ0n) is 21.9. The van der Waals surface area contributed by atoms with Crippen LogP contribution in [0.5, 0.6) is 5.75 Å². The molecule has 1 aromatic heterocycles. The van der Waals surface area contributed by atoms with Crippen molar-refractivity contribution in [1.29, 1.82) is 0 Å². The molecule has 2 aliphatic rings. The predicted molar refractivity (Wildman–Crippen MR) is 148 cm³/mol. The Morgan fingerprint density at radius 2 is 2.00 bits per heavy atom. The third kappa shape index (κ3) is 4.97. The van der Waals surface area contributed by atoms with Crippen LogP contribution in [0.4, 0.5) is 11.4 Å². The van der Waals surface area contributed by atoms with Crippen LogP contribution in [0.25, 0.3) is 6.08 Å². The van der Waals surface area contributed by atoms with Gasteiger partial charge in [-0.25, -0.2) is 9.79 Å². The summed E-state index contributed by atoms with van der Waals surface area (Å²) in [4.78, 5) is 45.4. The van der Waals surface area contributed by atoms with E-state index in [1.54, 1.807) is 51.3 Å². The number of thiazole rings is 1. The van der Waals surface area contributed by atoms with Gasteiger partial charge in [-0.1, -0.05) is 23.5 Å². The van der Waals surface area contributed by atoms with Gasteiger partial charge in [-0.2, -0.15) is 0 Å². The molecule has 39 heavy (non-hydrogen) atoms. The van der Waals surface area contributed by atoms with Crippen LogP contribution in [-0.4, -0.2) is 42.3 Å². The molecule has 1 saturated heterocycles. The van der Waals surface area contributed by atoms with Crippen LogP contribution >= 0.6 is 11.3 Å². The van der Waals surface area contributed by atoms with Crippen LogP contribution in [-0.2, 0) is 9.53 Å². The molecule has 5 rings (SSSR count). The lowest BCUT2D eigenvalue weighted by molar-refractivity contribution is -0.384. The van der Waals surface area contributed by atoms with Gasteiger partial charge >= 0.3 is 5.97 Å². The maximum atomic E-state index is 14.0. The average Bonchev–Trinajstić information content (AvgIpc) is 3.56. The van der Waals surface area contributed by atoms with Gasteiger partial charge in [-0.15, -0.1) is 0 Å². The molecule has 0 radical (unpaired) electrons. The van der Waals surface area contributed by atoms with Gasteiger partial charge in [0.05, 0.1) is 40.5 Å². The Kier molecular flexibility index (Phi) is 7.34. The highest BCUT2D eigenvalue weighted by Crippen LogP contribution is 2.33. The van der Waals surface area contributed by atoms with E-state index < -0.39 is 16.9 Å². The second-order valence-electron chi connectivity index (χ2n) is 9.27. The first-order chi connectivity index (χ1) is 18.8. The van der Waals surface area contributed by atoms with Crippen molar-refractivity contribution in [3.8, 4) is 5.75 Å². The quantitative estimate of drug-likeness (QED) is 0.253. The van der Waals surface area contributed by atoms with E-state index in [-0.39, 0.29) is 23.4 Å². The summed E-state index contributed by atoms with van der Waals surface area (Å²) in [5.74, 6) is 0.0372. The minimum atomic E-state index is -0.777. The fraction of sp³-hybridized carbons (Fsp3) is 0.321. The van der Waals surface area contributed by atoms with Crippen molar-refractivity contribution < 1.29 is 19.2 Å². The SMILES string of the molecule is CCOC(=O)C1=C(C)N=c2s/c(=C/c3cc([N+](=O)[O-])ccc3N3CCCC3)c(=O)n2C1c1cccc(OC)c1. The highest BCUT2D eigenvalue weighted by Gasteiger charge is 2.33. The van der Waals surface area contributed by atoms with Crippen LogP contribution in [0.15, 0.2) is 63.5 Å². The summed E-state index contributed by atoms with van der Waals surface area (Å²) in [7, 11) is 1.55.